The molecule has 5 nitrogen and oxygen atoms in total. The van der Waals surface area contributed by atoms with Crippen molar-refractivity contribution in [3.8, 4) is 5.75 Å². The molecule has 0 aromatic heterocycles. The molecule has 100 valence electrons. The number of hydrogen-bond donors (Lipinski definition) is 2. The summed E-state index contributed by atoms with van der Waals surface area (Å²) < 4.78 is 18.3. The minimum Gasteiger partial charge on any atom is -0.494 e. The lowest BCUT2D eigenvalue weighted by Crippen LogP contribution is -2.43. The van der Waals surface area contributed by atoms with Gasteiger partial charge in [0.1, 0.15) is 6.04 Å². The minimum absolute atomic E-state index is 0.163. The average Bonchev–Trinajstić information content (AvgIpc) is 2.35. The molecule has 2 N–H and O–H groups in total. The Kier molecular flexibility index (Phi) is 4.91. The van der Waals surface area contributed by atoms with Crippen molar-refractivity contribution in [2.45, 2.75) is 6.04 Å². The van der Waals surface area contributed by atoms with Crippen LogP contribution in [0.1, 0.15) is 0 Å². The van der Waals surface area contributed by atoms with Gasteiger partial charge in [0.25, 0.3) is 0 Å². The van der Waals surface area contributed by atoms with E-state index in [0.717, 1.165) is 0 Å². The summed E-state index contributed by atoms with van der Waals surface area (Å²) in [5, 5.41) is 11.6. The van der Waals surface area contributed by atoms with Crippen LogP contribution in [0.2, 0.25) is 0 Å². The van der Waals surface area contributed by atoms with Gasteiger partial charge in [0.05, 0.1) is 7.11 Å². The highest BCUT2D eigenvalue weighted by atomic mass is 19.1. The number of nitrogens with one attached hydrogen (secondary N) is 1. The molecule has 0 heterocycles. The van der Waals surface area contributed by atoms with Gasteiger partial charge >= 0.3 is 5.97 Å². The van der Waals surface area contributed by atoms with Crippen molar-refractivity contribution in [3.05, 3.63) is 24.0 Å². The number of carboxylic acids is 1. The number of benzene rings is 1. The molecule has 0 aliphatic heterocycles. The maximum absolute atomic E-state index is 13.5. The van der Waals surface area contributed by atoms with Crippen LogP contribution in [0.3, 0.4) is 0 Å². The van der Waals surface area contributed by atoms with Crippen LogP contribution >= 0.6 is 0 Å². The second-order valence-electron chi connectivity index (χ2n) is 3.88. The third-order valence-corrected chi connectivity index (χ3v) is 2.68. The van der Waals surface area contributed by atoms with E-state index in [-0.39, 0.29) is 12.3 Å². The van der Waals surface area contributed by atoms with Gasteiger partial charge in [-0.3, -0.25) is 4.79 Å². The zero-order valence-electron chi connectivity index (χ0n) is 10.6. The van der Waals surface area contributed by atoms with Crippen molar-refractivity contribution in [2.24, 2.45) is 0 Å². The van der Waals surface area contributed by atoms with Crippen LogP contribution in [-0.4, -0.2) is 44.9 Å². The number of methoxy groups -OCH3 is 1. The highest BCUT2D eigenvalue weighted by Gasteiger charge is 2.18. The fourth-order valence-corrected chi connectivity index (χ4v) is 1.56. The second-order valence-corrected chi connectivity index (χ2v) is 3.88. The number of aliphatic carboxylic acids is 1. The molecule has 1 unspecified atom stereocenters. The zero-order chi connectivity index (χ0) is 13.7. The van der Waals surface area contributed by atoms with E-state index in [1.807, 2.05) is 0 Å². The van der Waals surface area contributed by atoms with Crippen molar-refractivity contribution in [3.63, 3.8) is 0 Å². The van der Waals surface area contributed by atoms with E-state index >= 15 is 0 Å². The van der Waals surface area contributed by atoms with E-state index in [2.05, 4.69) is 5.32 Å². The first-order chi connectivity index (χ1) is 8.49. The first kappa shape index (κ1) is 14.2. The van der Waals surface area contributed by atoms with Crippen molar-refractivity contribution in [1.29, 1.82) is 0 Å². The Hall–Kier alpha value is -1.82. The predicted octanol–water partition coefficient (Wildman–Crippen LogP) is 0.943. The third-order valence-electron chi connectivity index (χ3n) is 2.68. The number of carbonyl (C=O) groups is 1. The fourth-order valence-electron chi connectivity index (χ4n) is 1.56. The Morgan fingerprint density at radius 2 is 2.28 bits per heavy atom. The summed E-state index contributed by atoms with van der Waals surface area (Å²) in [6, 6.07) is 3.79. The van der Waals surface area contributed by atoms with Gasteiger partial charge in [-0.2, -0.15) is 0 Å². The van der Waals surface area contributed by atoms with Gasteiger partial charge in [-0.15, -0.1) is 0 Å². The minimum atomic E-state index is -0.946. The first-order valence-electron chi connectivity index (χ1n) is 5.44. The summed E-state index contributed by atoms with van der Waals surface area (Å²) in [7, 11) is 4.67. The monoisotopic (exact) mass is 256 g/mol. The fraction of sp³-hybridized carbons (Fsp3) is 0.417. The molecule has 1 aromatic carbocycles. The van der Waals surface area contributed by atoms with E-state index in [1.54, 1.807) is 25.1 Å². The van der Waals surface area contributed by atoms with Crippen molar-refractivity contribution in [2.75, 3.05) is 32.6 Å². The first-order valence-corrected chi connectivity index (χ1v) is 5.44. The molecule has 0 spiro atoms. The van der Waals surface area contributed by atoms with Crippen molar-refractivity contribution >= 4 is 11.7 Å². The van der Waals surface area contributed by atoms with Crippen LogP contribution < -0.4 is 15.0 Å². The maximum atomic E-state index is 13.5. The number of anilines is 1. The number of ether oxygens (including phenoxy) is 1. The smallest absolute Gasteiger partial charge is 0.322 e. The molecule has 0 bridgehead atoms. The van der Waals surface area contributed by atoms with Gasteiger partial charge in [-0.1, -0.05) is 0 Å². The van der Waals surface area contributed by atoms with Crippen LogP contribution in [-0.2, 0) is 4.79 Å². The Balaban J connectivity index is 2.81. The van der Waals surface area contributed by atoms with Gasteiger partial charge in [0, 0.05) is 25.3 Å². The Bertz CT molecular complexity index is 426. The lowest BCUT2D eigenvalue weighted by Gasteiger charge is -2.23. The van der Waals surface area contributed by atoms with E-state index in [9.17, 15) is 9.18 Å². The predicted molar refractivity (Wildman–Crippen MR) is 66.7 cm³/mol. The van der Waals surface area contributed by atoms with E-state index in [0.29, 0.717) is 5.69 Å². The molecular formula is C12H17FN2O3. The van der Waals surface area contributed by atoms with Crippen LogP contribution in [0.15, 0.2) is 18.2 Å². The Labute approximate surface area is 105 Å². The molecule has 1 aromatic rings. The highest BCUT2D eigenvalue weighted by Crippen LogP contribution is 2.22. The number of carboxylic acid groups (broad SMARTS) is 1. The Morgan fingerprint density at radius 3 is 2.72 bits per heavy atom. The van der Waals surface area contributed by atoms with Crippen LogP contribution in [0.4, 0.5) is 10.1 Å². The summed E-state index contributed by atoms with van der Waals surface area (Å²) in [5.74, 6) is -1.26. The topological polar surface area (TPSA) is 61.8 Å². The SMILES string of the molecule is CNC(CN(C)c1ccc(OC)c(F)c1)C(=O)O. The molecule has 0 saturated carbocycles. The zero-order valence-corrected chi connectivity index (χ0v) is 10.6. The molecule has 6 heteroatoms. The van der Waals surface area contributed by atoms with E-state index in [1.165, 1.54) is 19.2 Å². The molecule has 0 fully saturated rings. The van der Waals surface area contributed by atoms with Gasteiger partial charge in [0.15, 0.2) is 11.6 Å². The summed E-state index contributed by atoms with van der Waals surface area (Å²) in [6.45, 7) is 0.234. The van der Waals surface area contributed by atoms with Crippen LogP contribution in [0.25, 0.3) is 0 Å². The van der Waals surface area contributed by atoms with Crippen molar-refractivity contribution < 1.29 is 19.0 Å². The summed E-state index contributed by atoms with van der Waals surface area (Å²) in [4.78, 5) is 12.5. The van der Waals surface area contributed by atoms with Gasteiger partial charge in [-0.25, -0.2) is 4.39 Å². The van der Waals surface area contributed by atoms with Gasteiger partial charge in [-0.05, 0) is 19.2 Å². The maximum Gasteiger partial charge on any atom is 0.322 e. The molecule has 1 atom stereocenters. The average molecular weight is 256 g/mol. The number of nitrogens with zero attached hydrogens (tertiary/aromatic N) is 1. The molecule has 18 heavy (non-hydrogen) atoms. The largest absolute Gasteiger partial charge is 0.494 e. The quantitative estimate of drug-likeness (QED) is 0.793. The normalized spacial score (nSPS) is 12.0. The van der Waals surface area contributed by atoms with E-state index in [4.69, 9.17) is 9.84 Å². The molecule has 0 saturated heterocycles. The molecular weight excluding hydrogens is 239 g/mol. The molecule has 0 radical (unpaired) electrons. The molecule has 0 amide bonds. The molecule has 0 aliphatic carbocycles. The number of likely N-dealkylation sites (N-methyl/N-ethyl adjacent to an activating group) is 2. The molecule has 0 aliphatic rings. The lowest BCUT2D eigenvalue weighted by atomic mass is 10.2. The summed E-state index contributed by atoms with van der Waals surface area (Å²) in [6.07, 6.45) is 0. The van der Waals surface area contributed by atoms with Gasteiger partial charge in [0.2, 0.25) is 0 Å². The van der Waals surface area contributed by atoms with Crippen LogP contribution in [0.5, 0.6) is 5.75 Å². The standard InChI is InChI=1S/C12H17FN2O3/c1-14-10(12(16)17)7-15(2)8-4-5-11(18-3)9(13)6-8/h4-6,10,14H,7H2,1-3H3,(H,16,17). The van der Waals surface area contributed by atoms with Crippen molar-refractivity contribution in [1.82, 2.24) is 5.32 Å². The highest BCUT2D eigenvalue weighted by molar-refractivity contribution is 5.74. The van der Waals surface area contributed by atoms with Gasteiger partial charge < -0.3 is 20.1 Å². The summed E-state index contributed by atoms with van der Waals surface area (Å²) >= 11 is 0. The van der Waals surface area contributed by atoms with Crippen LogP contribution in [0, 0.1) is 5.82 Å². The Morgan fingerprint density at radius 1 is 1.61 bits per heavy atom. The third kappa shape index (κ3) is 3.33. The number of hydrogen-bond acceptors (Lipinski definition) is 4. The number of halogens is 1. The second kappa shape index (κ2) is 6.20. The lowest BCUT2D eigenvalue weighted by molar-refractivity contribution is -0.139. The summed E-state index contributed by atoms with van der Waals surface area (Å²) in [5.41, 5.74) is 0.592. The molecule has 1 rings (SSSR count). The van der Waals surface area contributed by atoms with E-state index < -0.39 is 17.8 Å². The number of rotatable bonds is 6.